The molecule has 0 fully saturated rings. The van der Waals surface area contributed by atoms with Gasteiger partial charge in [-0.3, -0.25) is 0 Å². The lowest BCUT2D eigenvalue weighted by molar-refractivity contribution is 1.32. The molecule has 5 rings (SSSR count). The molecule has 0 heterocycles. The summed E-state index contributed by atoms with van der Waals surface area (Å²) in [6, 6.07) is 44.0. The van der Waals surface area contributed by atoms with E-state index in [1.54, 1.807) is 0 Å². The normalized spacial score (nSPS) is 9.15. The van der Waals surface area contributed by atoms with E-state index < -0.39 is 0 Å². The Balaban J connectivity index is 0.000000245. The Kier molecular flexibility index (Phi) is 16.3. The third-order valence-corrected chi connectivity index (χ3v) is 5.64. The summed E-state index contributed by atoms with van der Waals surface area (Å²) in [5, 5.41) is 0. The molecular formula is C39H48. The summed E-state index contributed by atoms with van der Waals surface area (Å²) in [4.78, 5) is 0. The van der Waals surface area contributed by atoms with Crippen LogP contribution in [0.5, 0.6) is 0 Å². The molecule has 0 aliphatic carbocycles. The fourth-order valence-electron chi connectivity index (χ4n) is 3.67. The average Bonchev–Trinajstić information content (AvgIpc) is 2.89. The number of benzene rings is 5. The van der Waals surface area contributed by atoms with Gasteiger partial charge in [-0.25, -0.2) is 0 Å². The third kappa shape index (κ3) is 18.1. The molecule has 0 aromatic heterocycles. The zero-order chi connectivity index (χ0) is 29.0. The van der Waals surface area contributed by atoms with Crippen molar-refractivity contribution >= 4 is 0 Å². The van der Waals surface area contributed by atoms with Gasteiger partial charge in [-0.15, -0.1) is 0 Å². The van der Waals surface area contributed by atoms with Gasteiger partial charge in [0.25, 0.3) is 0 Å². The van der Waals surface area contributed by atoms with Crippen molar-refractivity contribution in [3.05, 3.63) is 177 Å². The molecule has 0 heteroatoms. The second kappa shape index (κ2) is 19.2. The van der Waals surface area contributed by atoms with Crippen LogP contribution in [0.25, 0.3) is 0 Å². The van der Waals surface area contributed by atoms with Gasteiger partial charge in [-0.2, -0.15) is 0 Å². The van der Waals surface area contributed by atoms with Crippen LogP contribution in [0.4, 0.5) is 0 Å². The number of hydrogen-bond acceptors (Lipinski definition) is 0. The van der Waals surface area contributed by atoms with Gasteiger partial charge in [0, 0.05) is 0 Å². The summed E-state index contributed by atoms with van der Waals surface area (Å²) >= 11 is 0. The Morgan fingerprint density at radius 1 is 0.205 bits per heavy atom. The third-order valence-electron chi connectivity index (χ3n) is 5.64. The van der Waals surface area contributed by atoms with Crippen molar-refractivity contribution in [1.82, 2.24) is 0 Å². The minimum Gasteiger partial charge on any atom is -0.0623 e. The first-order valence-corrected chi connectivity index (χ1v) is 13.7. The largest absolute Gasteiger partial charge is 0.0623 e. The number of rotatable bonds is 0. The summed E-state index contributed by atoms with van der Waals surface area (Å²) in [6.45, 7) is 19.0. The first kappa shape index (κ1) is 33.1. The molecule has 0 saturated carbocycles. The molecule has 0 atom stereocenters. The van der Waals surface area contributed by atoms with E-state index in [-0.39, 0.29) is 0 Å². The highest BCUT2D eigenvalue weighted by atomic mass is 13.9. The second-order valence-electron chi connectivity index (χ2n) is 10.3. The Morgan fingerprint density at radius 2 is 0.410 bits per heavy atom. The van der Waals surface area contributed by atoms with E-state index >= 15 is 0 Å². The molecule has 0 aliphatic heterocycles. The molecular weight excluding hydrogens is 468 g/mol. The molecule has 0 aliphatic rings. The minimum atomic E-state index is 1.33. The fraction of sp³-hybridized carbons (Fsp3) is 0.231. The highest BCUT2D eigenvalue weighted by molar-refractivity contribution is 5.27. The van der Waals surface area contributed by atoms with Crippen molar-refractivity contribution < 1.29 is 0 Å². The predicted octanol–water partition coefficient (Wildman–Crippen LogP) is 11.2. The van der Waals surface area contributed by atoms with Crippen molar-refractivity contribution in [3.63, 3.8) is 0 Å². The lowest BCUT2D eigenvalue weighted by atomic mass is 10.1. The standard InChI is InChI=1S/C9H12.3C8H10.C6H6/c1-7-4-8(2)6-9(3)5-7;2*1-7-3-5-8(2)6-4-7;1-7-4-3-5-8(2)6-7;1-2-4-6-5-3-1/h4-6H,1-3H3;3*3-6H,1-2H3;1-6H. The molecule has 0 saturated heterocycles. The Hall–Kier alpha value is -3.90. The van der Waals surface area contributed by atoms with Gasteiger partial charge in [-0.1, -0.05) is 177 Å². The van der Waals surface area contributed by atoms with Gasteiger partial charge >= 0.3 is 0 Å². The highest BCUT2D eigenvalue weighted by Gasteiger charge is 1.87. The maximum absolute atomic E-state index is 2.19. The first-order chi connectivity index (χ1) is 18.5. The van der Waals surface area contributed by atoms with Crippen LogP contribution < -0.4 is 0 Å². The molecule has 0 bridgehead atoms. The zero-order valence-electron chi connectivity index (χ0n) is 25.6. The summed E-state index contributed by atoms with van der Waals surface area (Å²) < 4.78 is 0. The molecule has 5 aromatic carbocycles. The van der Waals surface area contributed by atoms with Crippen LogP contribution in [-0.4, -0.2) is 0 Å². The van der Waals surface area contributed by atoms with Crippen molar-refractivity contribution in [1.29, 1.82) is 0 Å². The zero-order valence-corrected chi connectivity index (χ0v) is 25.6. The predicted molar refractivity (Wildman–Crippen MR) is 175 cm³/mol. The van der Waals surface area contributed by atoms with E-state index in [1.165, 1.54) is 50.1 Å². The summed E-state index contributed by atoms with van der Waals surface area (Å²) in [5.74, 6) is 0. The molecule has 0 N–H and O–H groups in total. The maximum atomic E-state index is 2.19. The topological polar surface area (TPSA) is 0 Å². The van der Waals surface area contributed by atoms with Crippen LogP contribution in [0.2, 0.25) is 0 Å². The summed E-state index contributed by atoms with van der Waals surface area (Å²) in [5.41, 5.74) is 12.1. The lowest BCUT2D eigenvalue weighted by Gasteiger charge is -1.96. The quantitative estimate of drug-likeness (QED) is 0.192. The van der Waals surface area contributed by atoms with Gasteiger partial charge in [0.1, 0.15) is 0 Å². The van der Waals surface area contributed by atoms with Crippen LogP contribution >= 0.6 is 0 Å². The Labute approximate surface area is 239 Å². The SMILES string of the molecule is Cc1cc(C)cc(C)c1.Cc1ccc(C)cc1.Cc1ccc(C)cc1.Cc1cccc(C)c1.c1ccccc1. The molecule has 0 spiro atoms. The Morgan fingerprint density at radius 3 is 0.590 bits per heavy atom. The Bertz CT molecular complexity index is 1110. The highest BCUT2D eigenvalue weighted by Crippen LogP contribution is 2.06. The van der Waals surface area contributed by atoms with Crippen LogP contribution in [0.1, 0.15) is 50.1 Å². The molecule has 5 aromatic rings. The van der Waals surface area contributed by atoms with E-state index in [0.29, 0.717) is 0 Å². The molecule has 0 unspecified atom stereocenters. The average molecular weight is 517 g/mol. The van der Waals surface area contributed by atoms with Gasteiger partial charge in [-0.05, 0) is 62.3 Å². The van der Waals surface area contributed by atoms with Crippen LogP contribution in [0.3, 0.4) is 0 Å². The van der Waals surface area contributed by atoms with E-state index in [2.05, 4.69) is 153 Å². The smallest absolute Gasteiger partial charge is 0.0398 e. The van der Waals surface area contributed by atoms with Gasteiger partial charge in [0.2, 0.25) is 0 Å². The molecule has 0 radical (unpaired) electrons. The second-order valence-corrected chi connectivity index (χ2v) is 10.3. The van der Waals surface area contributed by atoms with Crippen molar-refractivity contribution in [3.8, 4) is 0 Å². The maximum Gasteiger partial charge on any atom is -0.0398 e. The van der Waals surface area contributed by atoms with E-state index in [1.807, 2.05) is 36.4 Å². The van der Waals surface area contributed by atoms with E-state index in [4.69, 9.17) is 0 Å². The van der Waals surface area contributed by atoms with Crippen LogP contribution in [-0.2, 0) is 0 Å². The molecule has 204 valence electrons. The fourth-order valence-corrected chi connectivity index (χ4v) is 3.67. The molecule has 0 nitrogen and oxygen atoms in total. The van der Waals surface area contributed by atoms with Crippen molar-refractivity contribution in [2.24, 2.45) is 0 Å². The van der Waals surface area contributed by atoms with Gasteiger partial charge in [0.15, 0.2) is 0 Å². The lowest BCUT2D eigenvalue weighted by Crippen LogP contribution is -1.78. The van der Waals surface area contributed by atoms with E-state index in [0.717, 1.165) is 0 Å². The van der Waals surface area contributed by atoms with Crippen LogP contribution in [0, 0.1) is 62.3 Å². The number of aryl methyl sites for hydroxylation is 9. The monoisotopic (exact) mass is 516 g/mol. The van der Waals surface area contributed by atoms with Gasteiger partial charge in [0.05, 0.1) is 0 Å². The van der Waals surface area contributed by atoms with Crippen LogP contribution in [0.15, 0.2) is 127 Å². The van der Waals surface area contributed by atoms with Crippen molar-refractivity contribution in [2.75, 3.05) is 0 Å². The summed E-state index contributed by atoms with van der Waals surface area (Å²) in [7, 11) is 0. The van der Waals surface area contributed by atoms with Crippen molar-refractivity contribution in [2.45, 2.75) is 62.3 Å². The minimum absolute atomic E-state index is 1.33. The first-order valence-electron chi connectivity index (χ1n) is 13.7. The van der Waals surface area contributed by atoms with Gasteiger partial charge < -0.3 is 0 Å². The summed E-state index contributed by atoms with van der Waals surface area (Å²) in [6.07, 6.45) is 0. The number of hydrogen-bond donors (Lipinski definition) is 0. The van der Waals surface area contributed by atoms with E-state index in [9.17, 15) is 0 Å². The molecule has 39 heavy (non-hydrogen) atoms. The molecule has 0 amide bonds.